The van der Waals surface area contributed by atoms with Crippen LogP contribution in [0.15, 0.2) is 112 Å². The van der Waals surface area contributed by atoms with Crippen molar-refractivity contribution in [3.8, 4) is 5.75 Å². The summed E-state index contributed by atoms with van der Waals surface area (Å²) in [4.78, 5) is 19.7. The van der Waals surface area contributed by atoms with E-state index >= 15 is 0 Å². The molecule has 0 fully saturated rings. The summed E-state index contributed by atoms with van der Waals surface area (Å²) in [6, 6.07) is 29.6. The molecule has 0 saturated carbocycles. The van der Waals surface area contributed by atoms with Crippen LogP contribution >= 0.6 is 22.9 Å². The van der Waals surface area contributed by atoms with Crippen molar-refractivity contribution in [2.45, 2.75) is 25.5 Å². The smallest absolute Gasteiger partial charge is 0.271 e. The second-order valence-corrected chi connectivity index (χ2v) is 11.6. The van der Waals surface area contributed by atoms with Gasteiger partial charge in [0, 0.05) is 16.1 Å². The Morgan fingerprint density at radius 2 is 1.71 bits per heavy atom. The number of ether oxygens (including phenoxy) is 1. The van der Waals surface area contributed by atoms with E-state index in [4.69, 9.17) is 21.3 Å². The number of benzene rings is 4. The number of hydrogen-bond acceptors (Lipinski definition) is 4. The van der Waals surface area contributed by atoms with Gasteiger partial charge in [-0.2, -0.15) is 0 Å². The molecule has 2 aliphatic rings. The number of nitrogens with zero attached hydrogens (tertiary/aromatic N) is 2. The number of allylic oxidation sites excluding steroid dienone is 1. The molecular formula is C34H24ClFN2O2S. The Kier molecular flexibility index (Phi) is 6.65. The van der Waals surface area contributed by atoms with Crippen molar-refractivity contribution >= 4 is 34.7 Å². The van der Waals surface area contributed by atoms with E-state index in [1.165, 1.54) is 29.0 Å². The summed E-state index contributed by atoms with van der Waals surface area (Å²) < 4.78 is 22.4. The Hall–Kier alpha value is -4.26. The molecule has 4 aromatic carbocycles. The second kappa shape index (κ2) is 10.6. The number of aromatic nitrogens is 1. The van der Waals surface area contributed by atoms with E-state index in [1.807, 2.05) is 66.7 Å². The van der Waals surface area contributed by atoms with Gasteiger partial charge in [0.2, 0.25) is 0 Å². The van der Waals surface area contributed by atoms with E-state index in [9.17, 15) is 9.18 Å². The topological polar surface area (TPSA) is 43.6 Å². The van der Waals surface area contributed by atoms with Gasteiger partial charge in [-0.15, -0.1) is 0 Å². The third-order valence-electron chi connectivity index (χ3n) is 7.57. The van der Waals surface area contributed by atoms with Crippen LogP contribution in [0.3, 0.4) is 0 Å². The number of para-hydroxylation sites is 1. The normalized spacial score (nSPS) is 16.0. The Morgan fingerprint density at radius 3 is 2.54 bits per heavy atom. The van der Waals surface area contributed by atoms with Gasteiger partial charge in [-0.25, -0.2) is 9.38 Å². The minimum Gasteiger partial charge on any atom is -0.488 e. The molecule has 5 aromatic rings. The Balaban J connectivity index is 1.35. The van der Waals surface area contributed by atoms with Crippen molar-refractivity contribution in [1.82, 2.24) is 4.57 Å². The molecule has 4 nitrogen and oxygen atoms in total. The molecule has 2 heterocycles. The predicted molar refractivity (Wildman–Crippen MR) is 161 cm³/mol. The van der Waals surface area contributed by atoms with E-state index in [0.717, 1.165) is 46.4 Å². The van der Waals surface area contributed by atoms with Crippen LogP contribution in [0, 0.1) is 5.82 Å². The zero-order valence-electron chi connectivity index (χ0n) is 21.9. The van der Waals surface area contributed by atoms with Crippen LogP contribution in [0.5, 0.6) is 5.75 Å². The highest BCUT2D eigenvalue weighted by molar-refractivity contribution is 7.07. The zero-order chi connectivity index (χ0) is 27.9. The molecule has 1 aliphatic carbocycles. The highest BCUT2D eigenvalue weighted by Gasteiger charge is 2.32. The first kappa shape index (κ1) is 25.7. The van der Waals surface area contributed by atoms with E-state index in [-0.39, 0.29) is 17.4 Å². The van der Waals surface area contributed by atoms with Crippen LogP contribution in [0.2, 0.25) is 5.02 Å². The van der Waals surface area contributed by atoms with Crippen LogP contribution in [-0.4, -0.2) is 4.57 Å². The molecule has 1 unspecified atom stereocenters. The van der Waals surface area contributed by atoms with Gasteiger partial charge in [0.1, 0.15) is 18.2 Å². The summed E-state index contributed by atoms with van der Waals surface area (Å²) in [5.41, 5.74) is 6.89. The first-order chi connectivity index (χ1) is 20.0. The lowest BCUT2D eigenvalue weighted by Crippen LogP contribution is -2.38. The average molecular weight is 579 g/mol. The quantitative estimate of drug-likeness (QED) is 0.233. The van der Waals surface area contributed by atoms with Crippen LogP contribution in [0.4, 0.5) is 4.39 Å². The molecule has 0 radical (unpaired) electrons. The molecule has 7 rings (SSSR count). The molecule has 1 atom stereocenters. The summed E-state index contributed by atoms with van der Waals surface area (Å²) in [5, 5.41) is 0.675. The van der Waals surface area contributed by atoms with Gasteiger partial charge in [0.25, 0.3) is 5.56 Å². The van der Waals surface area contributed by atoms with Gasteiger partial charge in [-0.3, -0.25) is 9.36 Å². The lowest BCUT2D eigenvalue weighted by Gasteiger charge is -2.30. The molecule has 0 bridgehead atoms. The molecule has 0 spiro atoms. The van der Waals surface area contributed by atoms with Crippen LogP contribution in [0.25, 0.3) is 11.8 Å². The Bertz CT molecular complexity index is 1990. The van der Waals surface area contributed by atoms with Crippen molar-refractivity contribution < 1.29 is 9.13 Å². The van der Waals surface area contributed by atoms with Gasteiger partial charge in [-0.1, -0.05) is 89.7 Å². The molecule has 0 saturated heterocycles. The molecular weight excluding hydrogens is 555 g/mol. The zero-order valence-corrected chi connectivity index (χ0v) is 23.5. The van der Waals surface area contributed by atoms with Gasteiger partial charge in [0.05, 0.1) is 16.3 Å². The van der Waals surface area contributed by atoms with Gasteiger partial charge in [-0.05, 0) is 71.5 Å². The summed E-state index contributed by atoms with van der Waals surface area (Å²) >= 11 is 7.38. The van der Waals surface area contributed by atoms with Crippen molar-refractivity contribution in [3.05, 3.63) is 161 Å². The number of hydrogen-bond donors (Lipinski definition) is 0. The second-order valence-electron chi connectivity index (χ2n) is 10.1. The molecule has 1 aromatic heterocycles. The van der Waals surface area contributed by atoms with Gasteiger partial charge < -0.3 is 4.74 Å². The van der Waals surface area contributed by atoms with Crippen LogP contribution in [0.1, 0.15) is 40.3 Å². The largest absolute Gasteiger partial charge is 0.488 e. The van der Waals surface area contributed by atoms with Crippen LogP contribution in [-0.2, 0) is 13.0 Å². The Morgan fingerprint density at radius 1 is 0.951 bits per heavy atom. The minimum atomic E-state index is -0.353. The van der Waals surface area contributed by atoms with E-state index in [1.54, 1.807) is 16.7 Å². The van der Waals surface area contributed by atoms with Crippen molar-refractivity contribution in [3.63, 3.8) is 0 Å². The maximum Gasteiger partial charge on any atom is 0.271 e. The molecule has 7 heteroatoms. The number of rotatable bonds is 5. The van der Waals surface area contributed by atoms with E-state index in [2.05, 4.69) is 12.1 Å². The van der Waals surface area contributed by atoms with E-state index in [0.29, 0.717) is 26.7 Å². The fourth-order valence-corrected chi connectivity index (χ4v) is 6.70. The average Bonchev–Trinajstić information content (AvgIpc) is 3.31. The van der Waals surface area contributed by atoms with Crippen molar-refractivity contribution in [2.75, 3.05) is 0 Å². The predicted octanol–water partition coefficient (Wildman–Crippen LogP) is 6.69. The molecule has 1 aliphatic heterocycles. The number of halogens is 2. The lowest BCUT2D eigenvalue weighted by molar-refractivity contribution is 0.305. The van der Waals surface area contributed by atoms with E-state index < -0.39 is 0 Å². The lowest BCUT2D eigenvalue weighted by atomic mass is 9.83. The molecule has 202 valence electrons. The summed E-state index contributed by atoms with van der Waals surface area (Å²) in [7, 11) is 0. The highest BCUT2D eigenvalue weighted by atomic mass is 35.5. The van der Waals surface area contributed by atoms with Crippen molar-refractivity contribution in [1.29, 1.82) is 0 Å². The van der Waals surface area contributed by atoms with Crippen molar-refractivity contribution in [2.24, 2.45) is 4.99 Å². The highest BCUT2D eigenvalue weighted by Crippen LogP contribution is 2.41. The first-order valence-electron chi connectivity index (χ1n) is 13.4. The summed E-state index contributed by atoms with van der Waals surface area (Å²) in [5.74, 6) is 0.371. The number of thiazole rings is 1. The Labute approximate surface area is 245 Å². The van der Waals surface area contributed by atoms with Gasteiger partial charge in [0.15, 0.2) is 4.80 Å². The first-order valence-corrected chi connectivity index (χ1v) is 14.6. The minimum absolute atomic E-state index is 0.124. The maximum absolute atomic E-state index is 14.0. The standard InChI is InChI=1S/C34H24ClFN2O2S/c35-25-14-9-21(10-15-25)20-40-29-8-4-2-6-24(29)19-30-33(39)38-32(23-11-16-26(36)17-12-23)28-18-13-22-5-1-3-7-27(22)31(28)37-34(38)41-30/h1-12,14-17,19,32H,13,18,20H2. The monoisotopic (exact) mass is 578 g/mol. The molecule has 0 N–H and O–H groups in total. The molecule has 41 heavy (non-hydrogen) atoms. The third-order valence-corrected chi connectivity index (χ3v) is 8.81. The fourth-order valence-electron chi connectivity index (χ4n) is 5.58. The maximum atomic E-state index is 14.0. The third kappa shape index (κ3) is 4.83. The number of aryl methyl sites for hydroxylation is 1. The number of fused-ring (bicyclic) bond motifs is 3. The summed E-state index contributed by atoms with van der Waals surface area (Å²) in [6.45, 7) is 0.375. The summed E-state index contributed by atoms with van der Waals surface area (Å²) in [6.07, 6.45) is 3.52. The fraction of sp³-hybridized carbons (Fsp3) is 0.118. The van der Waals surface area contributed by atoms with Crippen LogP contribution < -0.4 is 19.6 Å². The van der Waals surface area contributed by atoms with Gasteiger partial charge >= 0.3 is 0 Å². The SMILES string of the molecule is O=c1c(=Cc2ccccc2OCc2ccc(Cl)cc2)sc2n1C(c1ccc(F)cc1)C1=C(N=2)c2ccccc2CC1. The molecule has 0 amide bonds.